The number of fused-ring (bicyclic) bond motifs is 5. The van der Waals surface area contributed by atoms with Gasteiger partial charge in [-0.1, -0.05) is 152 Å². The average Bonchev–Trinajstić information content (AvgIpc) is 3.76. The molecule has 51 heavy (non-hydrogen) atoms. The predicted molar refractivity (Wildman–Crippen MR) is 216 cm³/mol. The lowest BCUT2D eigenvalue weighted by Gasteiger charge is -2.13. The zero-order valence-electron chi connectivity index (χ0n) is 28.0. The summed E-state index contributed by atoms with van der Waals surface area (Å²) in [5, 5.41) is 13.3. The third kappa shape index (κ3) is 4.97. The van der Waals surface area contributed by atoms with E-state index in [4.69, 9.17) is 10.1 Å². The van der Waals surface area contributed by atoms with E-state index in [-0.39, 0.29) is 7.53 Å². The molecular formula is C47H32N3P. The Morgan fingerprint density at radius 1 is 0.412 bits per heavy atom. The number of aromatic nitrogens is 3. The molecule has 0 saturated heterocycles. The molecule has 0 aliphatic heterocycles. The fourth-order valence-corrected chi connectivity index (χ4v) is 9.70. The first-order chi connectivity index (χ1) is 25.2. The van der Waals surface area contributed by atoms with Gasteiger partial charge in [-0.25, -0.2) is 9.50 Å². The predicted octanol–water partition coefficient (Wildman–Crippen LogP) is 13.0. The second kappa shape index (κ2) is 11.9. The van der Waals surface area contributed by atoms with Crippen molar-refractivity contribution in [2.24, 2.45) is 6.66 Å². The van der Waals surface area contributed by atoms with E-state index >= 15 is 0 Å². The fraction of sp³-hybridized carbons (Fsp3) is 0.0213. The number of benzene rings is 7. The highest BCUT2D eigenvalue weighted by Crippen LogP contribution is 2.48. The molecule has 10 aromatic rings. The number of hydrogen-bond donors (Lipinski definition) is 0. The molecule has 0 aliphatic rings. The SMILES string of the molecule is Cp1c2ccccc2c2ccc(-c3ccc(-c4cccc(-c5nc6c(-c7ccccc7)cc(-c7ccccc7)cn6n5)c4)c4ccccc34)cc21. The van der Waals surface area contributed by atoms with Crippen LogP contribution < -0.4 is 0 Å². The van der Waals surface area contributed by atoms with E-state index in [1.807, 2.05) is 16.6 Å². The fourth-order valence-electron chi connectivity index (χ4n) is 7.68. The minimum absolute atomic E-state index is 0.366. The summed E-state index contributed by atoms with van der Waals surface area (Å²) in [6.07, 6.45) is 2.09. The van der Waals surface area contributed by atoms with Gasteiger partial charge in [0.2, 0.25) is 0 Å². The van der Waals surface area contributed by atoms with Crippen LogP contribution >= 0.6 is 7.53 Å². The Kier molecular flexibility index (Phi) is 6.94. The first-order valence-corrected chi connectivity index (χ1v) is 19.1. The number of hydrogen-bond acceptors (Lipinski definition) is 2. The zero-order valence-corrected chi connectivity index (χ0v) is 28.9. The Morgan fingerprint density at radius 2 is 1.00 bits per heavy atom. The highest BCUT2D eigenvalue weighted by atomic mass is 31.1. The van der Waals surface area contributed by atoms with Crippen LogP contribution in [0.15, 0.2) is 176 Å². The third-order valence-corrected chi connectivity index (χ3v) is 12.4. The lowest BCUT2D eigenvalue weighted by atomic mass is 9.91. The van der Waals surface area contributed by atoms with Gasteiger partial charge < -0.3 is 0 Å². The summed E-state index contributed by atoms with van der Waals surface area (Å²) in [4.78, 5) is 5.15. The van der Waals surface area contributed by atoms with Crippen molar-refractivity contribution >= 4 is 45.0 Å². The smallest absolute Gasteiger partial charge is 0.182 e. The van der Waals surface area contributed by atoms with Crippen molar-refractivity contribution in [3.05, 3.63) is 176 Å². The molecule has 0 radical (unpaired) electrons. The normalized spacial score (nSPS) is 12.0. The van der Waals surface area contributed by atoms with Gasteiger partial charge in [-0.3, -0.25) is 0 Å². The lowest BCUT2D eigenvalue weighted by molar-refractivity contribution is 0.968. The number of pyridine rings is 1. The first-order valence-electron chi connectivity index (χ1n) is 17.3. The Labute approximate surface area is 297 Å². The summed E-state index contributed by atoms with van der Waals surface area (Å²) in [5.41, 5.74) is 11.1. The van der Waals surface area contributed by atoms with Gasteiger partial charge >= 0.3 is 0 Å². The highest BCUT2D eigenvalue weighted by Gasteiger charge is 2.17. The minimum Gasteiger partial charge on any atom is -0.219 e. The Balaban J connectivity index is 1.09. The highest BCUT2D eigenvalue weighted by molar-refractivity contribution is 7.59. The summed E-state index contributed by atoms with van der Waals surface area (Å²) >= 11 is 0. The molecule has 1 unspecified atom stereocenters. The molecule has 10 rings (SSSR count). The molecule has 0 spiro atoms. The van der Waals surface area contributed by atoms with Gasteiger partial charge in [0.25, 0.3) is 0 Å². The van der Waals surface area contributed by atoms with Crippen molar-refractivity contribution in [1.82, 2.24) is 14.6 Å². The Morgan fingerprint density at radius 3 is 1.75 bits per heavy atom. The summed E-state index contributed by atoms with van der Waals surface area (Å²) in [7, 11) is -0.366. The maximum Gasteiger partial charge on any atom is 0.182 e. The molecule has 4 heteroatoms. The first kappa shape index (κ1) is 29.6. The van der Waals surface area contributed by atoms with Crippen molar-refractivity contribution in [3.63, 3.8) is 0 Å². The van der Waals surface area contributed by atoms with Gasteiger partial charge in [0.05, 0.1) is 0 Å². The monoisotopic (exact) mass is 669 g/mol. The minimum atomic E-state index is -0.366. The van der Waals surface area contributed by atoms with Crippen LogP contribution in [-0.4, -0.2) is 14.6 Å². The van der Waals surface area contributed by atoms with E-state index in [2.05, 4.69) is 171 Å². The number of aryl methyl sites for hydroxylation is 1. The third-order valence-electron chi connectivity index (χ3n) is 10.2. The van der Waals surface area contributed by atoms with Gasteiger partial charge in [0.1, 0.15) is 0 Å². The molecule has 0 saturated carbocycles. The molecule has 3 heterocycles. The van der Waals surface area contributed by atoms with E-state index in [0.29, 0.717) is 5.82 Å². The molecule has 1 atom stereocenters. The summed E-state index contributed by atoms with van der Waals surface area (Å²) in [5.74, 6) is 0.704. The molecule has 0 N–H and O–H groups in total. The van der Waals surface area contributed by atoms with Gasteiger partial charge in [-0.2, -0.15) is 0 Å². The van der Waals surface area contributed by atoms with Crippen LogP contribution in [0.1, 0.15) is 0 Å². The van der Waals surface area contributed by atoms with Crippen molar-refractivity contribution in [3.8, 4) is 55.9 Å². The summed E-state index contributed by atoms with van der Waals surface area (Å²) in [6, 6.07) is 61.1. The maximum atomic E-state index is 5.15. The van der Waals surface area contributed by atoms with Crippen molar-refractivity contribution in [2.45, 2.75) is 0 Å². The van der Waals surface area contributed by atoms with Crippen molar-refractivity contribution < 1.29 is 0 Å². The van der Waals surface area contributed by atoms with Crippen LogP contribution in [-0.2, 0) is 6.66 Å². The van der Waals surface area contributed by atoms with Gasteiger partial charge in [0, 0.05) is 33.1 Å². The van der Waals surface area contributed by atoms with E-state index in [1.54, 1.807) is 0 Å². The standard InChI is InChI=1S/C47H32N3P/c1-51-44-22-11-10-21-41(44)42-24-23-34(29-45(42)51)38-26-25-37(39-19-8-9-20-40(38)39)33-17-12-18-35(27-33)46-48-47-43(32-15-6-3-7-16-32)28-36(30-50(47)49-46)31-13-4-2-5-14-31/h2-30H,1H3. The Bertz CT molecular complexity index is 2920. The average molecular weight is 670 g/mol. The van der Waals surface area contributed by atoms with E-state index in [9.17, 15) is 0 Å². The molecule has 3 aromatic heterocycles. The molecule has 0 amide bonds. The molecule has 0 fully saturated rings. The van der Waals surface area contributed by atoms with Crippen LogP contribution in [0.3, 0.4) is 0 Å². The molecule has 0 bridgehead atoms. The summed E-state index contributed by atoms with van der Waals surface area (Å²) in [6.45, 7) is 2.39. The molecule has 240 valence electrons. The van der Waals surface area contributed by atoms with Gasteiger partial charge in [-0.05, 0) is 79.8 Å². The van der Waals surface area contributed by atoms with Crippen LogP contribution in [0, 0.1) is 0 Å². The second-order valence-electron chi connectivity index (χ2n) is 13.2. The number of nitrogens with zero attached hydrogens (tertiary/aromatic N) is 3. The van der Waals surface area contributed by atoms with Crippen LogP contribution in [0.25, 0.3) is 93.3 Å². The Hall–Kier alpha value is -6.28. The number of rotatable bonds is 5. The summed E-state index contributed by atoms with van der Waals surface area (Å²) < 4.78 is 1.94. The van der Waals surface area contributed by atoms with Crippen molar-refractivity contribution in [2.75, 3.05) is 0 Å². The molecule has 3 nitrogen and oxygen atoms in total. The van der Waals surface area contributed by atoms with E-state index < -0.39 is 0 Å². The molecular weight excluding hydrogens is 638 g/mol. The van der Waals surface area contributed by atoms with Crippen molar-refractivity contribution in [1.29, 1.82) is 0 Å². The van der Waals surface area contributed by atoms with E-state index in [0.717, 1.165) is 39.0 Å². The second-order valence-corrected chi connectivity index (χ2v) is 15.3. The largest absolute Gasteiger partial charge is 0.219 e. The van der Waals surface area contributed by atoms with Gasteiger partial charge in [-0.15, -0.1) is 12.6 Å². The van der Waals surface area contributed by atoms with E-state index in [1.165, 1.54) is 48.5 Å². The zero-order chi connectivity index (χ0) is 33.9. The molecule has 0 aliphatic carbocycles. The topological polar surface area (TPSA) is 30.2 Å². The molecule has 7 aromatic carbocycles. The maximum absolute atomic E-state index is 5.15. The van der Waals surface area contributed by atoms with Crippen LogP contribution in [0.2, 0.25) is 0 Å². The quantitative estimate of drug-likeness (QED) is 0.183. The lowest BCUT2D eigenvalue weighted by Crippen LogP contribution is -1.93. The van der Waals surface area contributed by atoms with Gasteiger partial charge in [0.15, 0.2) is 11.5 Å². The van der Waals surface area contributed by atoms with Crippen LogP contribution in [0.5, 0.6) is 0 Å². The van der Waals surface area contributed by atoms with Crippen LogP contribution in [0.4, 0.5) is 0 Å².